The van der Waals surface area contributed by atoms with Crippen LogP contribution < -0.4 is 0 Å². The van der Waals surface area contributed by atoms with Crippen LogP contribution in [-0.2, 0) is 16.1 Å². The first-order valence-electron chi connectivity index (χ1n) is 5.46. The van der Waals surface area contributed by atoms with Crippen LogP contribution in [0, 0.1) is 11.6 Å². The minimum atomic E-state index is -1.16. The van der Waals surface area contributed by atoms with E-state index in [1.54, 1.807) is 0 Å². The molecule has 0 spiro atoms. The van der Waals surface area contributed by atoms with Gasteiger partial charge >= 0.3 is 5.97 Å². The van der Waals surface area contributed by atoms with Crippen LogP contribution in [0.15, 0.2) is 18.2 Å². The van der Waals surface area contributed by atoms with Crippen LogP contribution in [-0.4, -0.2) is 27.9 Å². The molecule has 0 radical (unpaired) electrons. The van der Waals surface area contributed by atoms with E-state index >= 15 is 0 Å². The van der Waals surface area contributed by atoms with Gasteiger partial charge in [-0.05, 0) is 18.6 Å². The zero-order chi connectivity index (χ0) is 13.3. The number of halogens is 2. The summed E-state index contributed by atoms with van der Waals surface area (Å²) < 4.78 is 26.9. The number of benzene rings is 1. The van der Waals surface area contributed by atoms with Gasteiger partial charge in [-0.15, -0.1) is 0 Å². The van der Waals surface area contributed by atoms with Crippen LogP contribution in [0.2, 0.25) is 0 Å². The molecule has 1 heterocycles. The highest BCUT2D eigenvalue weighted by atomic mass is 19.1. The second kappa shape index (κ2) is 4.72. The Hall–Kier alpha value is -1.98. The molecule has 0 aliphatic carbocycles. The van der Waals surface area contributed by atoms with Crippen LogP contribution >= 0.6 is 0 Å². The Balaban J connectivity index is 2.27. The van der Waals surface area contributed by atoms with Crippen LogP contribution in [0.4, 0.5) is 8.78 Å². The van der Waals surface area contributed by atoms with Crippen LogP contribution in [0.5, 0.6) is 0 Å². The molecule has 18 heavy (non-hydrogen) atoms. The van der Waals surface area contributed by atoms with Gasteiger partial charge < -0.3 is 10.0 Å². The maximum absolute atomic E-state index is 13.4. The molecule has 1 N–H and O–H groups in total. The summed E-state index contributed by atoms with van der Waals surface area (Å²) in [6.45, 7) is -0.353. The van der Waals surface area contributed by atoms with Gasteiger partial charge in [0.2, 0.25) is 5.91 Å². The number of hydrogen-bond acceptors (Lipinski definition) is 2. The van der Waals surface area contributed by atoms with Crippen molar-refractivity contribution in [3.05, 3.63) is 35.4 Å². The molecule has 0 unspecified atom stereocenters. The van der Waals surface area contributed by atoms with Gasteiger partial charge in [0.25, 0.3) is 0 Å². The number of carboxylic acid groups (broad SMARTS) is 1. The molecule has 2 rings (SSSR count). The highest BCUT2D eigenvalue weighted by Crippen LogP contribution is 2.23. The standard InChI is InChI=1S/C12H11F2NO3/c13-8-2-1-3-9(14)7(8)6-15-10(12(17)18)4-5-11(15)16/h1-3,10H,4-6H2,(H,17,18)/t10-/m1/s1. The van der Waals surface area contributed by atoms with E-state index in [1.807, 2.05) is 0 Å². The van der Waals surface area contributed by atoms with E-state index in [2.05, 4.69) is 0 Å². The molecular weight excluding hydrogens is 244 g/mol. The Morgan fingerprint density at radius 3 is 2.56 bits per heavy atom. The molecule has 4 nitrogen and oxygen atoms in total. The highest BCUT2D eigenvalue weighted by molar-refractivity contribution is 5.87. The highest BCUT2D eigenvalue weighted by Gasteiger charge is 2.36. The Morgan fingerprint density at radius 1 is 1.39 bits per heavy atom. The lowest BCUT2D eigenvalue weighted by Gasteiger charge is -2.22. The van der Waals surface area contributed by atoms with Crippen molar-refractivity contribution in [2.24, 2.45) is 0 Å². The Bertz CT molecular complexity index is 484. The maximum Gasteiger partial charge on any atom is 0.326 e. The number of hydrogen-bond donors (Lipinski definition) is 1. The smallest absolute Gasteiger partial charge is 0.326 e. The average Bonchev–Trinajstić information content (AvgIpc) is 2.66. The summed E-state index contributed by atoms with van der Waals surface area (Å²) in [7, 11) is 0. The normalized spacial score (nSPS) is 19.3. The third kappa shape index (κ3) is 2.18. The van der Waals surface area contributed by atoms with E-state index in [4.69, 9.17) is 5.11 Å². The number of amides is 1. The Kier molecular flexibility index (Phi) is 3.27. The van der Waals surface area contributed by atoms with Gasteiger partial charge in [0.15, 0.2) is 0 Å². The fourth-order valence-corrected chi connectivity index (χ4v) is 2.04. The van der Waals surface area contributed by atoms with Crippen molar-refractivity contribution in [2.45, 2.75) is 25.4 Å². The summed E-state index contributed by atoms with van der Waals surface area (Å²) in [6.07, 6.45) is 0.261. The molecule has 1 fully saturated rings. The van der Waals surface area contributed by atoms with Crippen LogP contribution in [0.3, 0.4) is 0 Å². The van der Waals surface area contributed by atoms with Crippen molar-refractivity contribution in [3.8, 4) is 0 Å². The van der Waals surface area contributed by atoms with Crippen LogP contribution in [0.25, 0.3) is 0 Å². The quantitative estimate of drug-likeness (QED) is 0.891. The number of carbonyl (C=O) groups is 2. The third-order valence-corrected chi connectivity index (χ3v) is 3.00. The first-order valence-corrected chi connectivity index (χ1v) is 5.46. The van der Waals surface area contributed by atoms with E-state index in [-0.39, 0.29) is 24.9 Å². The molecule has 1 aliphatic heterocycles. The molecule has 0 bridgehead atoms. The minimum absolute atomic E-state index is 0.0903. The van der Waals surface area contributed by atoms with Crippen molar-refractivity contribution >= 4 is 11.9 Å². The fraction of sp³-hybridized carbons (Fsp3) is 0.333. The predicted molar refractivity (Wildman–Crippen MR) is 57.6 cm³/mol. The maximum atomic E-state index is 13.4. The van der Waals surface area contributed by atoms with Gasteiger partial charge in [0.05, 0.1) is 6.54 Å². The average molecular weight is 255 g/mol. The lowest BCUT2D eigenvalue weighted by molar-refractivity contribution is -0.146. The molecule has 6 heteroatoms. The van der Waals surface area contributed by atoms with Gasteiger partial charge in [-0.25, -0.2) is 13.6 Å². The third-order valence-electron chi connectivity index (χ3n) is 3.00. The predicted octanol–water partition coefficient (Wildman–Crippen LogP) is 1.54. The summed E-state index contributed by atoms with van der Waals surface area (Å²) in [5.41, 5.74) is -0.279. The molecule has 1 aliphatic rings. The zero-order valence-electron chi connectivity index (χ0n) is 9.40. The molecule has 1 aromatic carbocycles. The van der Waals surface area contributed by atoms with Gasteiger partial charge in [0.1, 0.15) is 17.7 Å². The number of rotatable bonds is 3. The SMILES string of the molecule is O=C(O)[C@H]1CCC(=O)N1Cc1c(F)cccc1F. The Labute approximate surface area is 102 Å². The number of aliphatic carboxylic acids is 1. The van der Waals surface area contributed by atoms with Gasteiger partial charge in [0, 0.05) is 12.0 Å². The monoisotopic (exact) mass is 255 g/mol. The summed E-state index contributed by atoms with van der Waals surface area (Å²) in [5.74, 6) is -3.11. The second-order valence-electron chi connectivity index (χ2n) is 4.11. The number of carboxylic acids is 1. The Morgan fingerprint density at radius 2 is 2.00 bits per heavy atom. The molecule has 96 valence electrons. The van der Waals surface area contributed by atoms with Gasteiger partial charge in [-0.2, -0.15) is 0 Å². The summed E-state index contributed by atoms with van der Waals surface area (Å²) in [5, 5.41) is 8.94. The summed E-state index contributed by atoms with van der Waals surface area (Å²) >= 11 is 0. The van der Waals surface area contributed by atoms with Crippen molar-refractivity contribution in [3.63, 3.8) is 0 Å². The lowest BCUT2D eigenvalue weighted by atomic mass is 10.1. The van der Waals surface area contributed by atoms with E-state index in [1.165, 1.54) is 6.07 Å². The molecule has 1 aromatic rings. The van der Waals surface area contributed by atoms with E-state index in [0.29, 0.717) is 0 Å². The molecule has 1 saturated heterocycles. The molecular formula is C12H11F2NO3. The van der Waals surface area contributed by atoms with Gasteiger partial charge in [-0.1, -0.05) is 6.07 Å². The number of carbonyl (C=O) groups excluding carboxylic acids is 1. The number of nitrogens with zero attached hydrogens (tertiary/aromatic N) is 1. The van der Waals surface area contributed by atoms with E-state index in [0.717, 1.165) is 17.0 Å². The van der Waals surface area contributed by atoms with Crippen molar-refractivity contribution in [2.75, 3.05) is 0 Å². The number of likely N-dealkylation sites (tertiary alicyclic amines) is 1. The molecule has 0 saturated carbocycles. The summed E-state index contributed by atoms with van der Waals surface area (Å²) in [6, 6.07) is 2.37. The zero-order valence-corrected chi connectivity index (χ0v) is 9.40. The van der Waals surface area contributed by atoms with Crippen molar-refractivity contribution in [1.82, 2.24) is 4.90 Å². The minimum Gasteiger partial charge on any atom is -0.480 e. The van der Waals surface area contributed by atoms with Crippen molar-refractivity contribution < 1.29 is 23.5 Å². The fourth-order valence-electron chi connectivity index (χ4n) is 2.04. The van der Waals surface area contributed by atoms with Crippen LogP contribution in [0.1, 0.15) is 18.4 Å². The first kappa shape index (κ1) is 12.5. The van der Waals surface area contributed by atoms with Gasteiger partial charge in [-0.3, -0.25) is 4.79 Å². The molecule has 1 amide bonds. The first-order chi connectivity index (χ1) is 8.50. The lowest BCUT2D eigenvalue weighted by Crippen LogP contribution is -2.38. The second-order valence-corrected chi connectivity index (χ2v) is 4.11. The summed E-state index contributed by atoms with van der Waals surface area (Å²) in [4.78, 5) is 23.5. The van der Waals surface area contributed by atoms with E-state index < -0.39 is 29.6 Å². The van der Waals surface area contributed by atoms with E-state index in [9.17, 15) is 18.4 Å². The largest absolute Gasteiger partial charge is 0.480 e. The van der Waals surface area contributed by atoms with Crippen molar-refractivity contribution in [1.29, 1.82) is 0 Å². The molecule has 0 aromatic heterocycles. The topological polar surface area (TPSA) is 57.6 Å². The molecule has 1 atom stereocenters.